The number of aromatic hydroxyl groups is 2. The van der Waals surface area contributed by atoms with Crippen LogP contribution in [0.3, 0.4) is 0 Å². The largest absolute Gasteiger partial charge is 0.508 e. The third-order valence-corrected chi connectivity index (χ3v) is 2.94. The maximum Gasteiger partial charge on any atom is 0.115 e. The summed E-state index contributed by atoms with van der Waals surface area (Å²) in [5, 5.41) is 18.4. The van der Waals surface area contributed by atoms with Gasteiger partial charge in [-0.3, -0.25) is 0 Å². The molecule has 0 bridgehead atoms. The second kappa shape index (κ2) is 6.56. The Morgan fingerprint density at radius 1 is 0.632 bits per heavy atom. The molecule has 0 saturated heterocycles. The number of benzene rings is 2. The number of rotatable bonds is 3. The van der Waals surface area contributed by atoms with E-state index in [1.807, 2.05) is 0 Å². The Hall–Kier alpha value is -1.56. The smallest absolute Gasteiger partial charge is 0.115 e. The Labute approximate surface area is 122 Å². The lowest BCUT2D eigenvalue weighted by atomic mass is 9.95. The molecular formula is C14H17BrN2O2. The average Bonchev–Trinajstić information content (AvgIpc) is 2.39. The van der Waals surface area contributed by atoms with E-state index in [0.29, 0.717) is 0 Å². The molecule has 0 aliphatic rings. The molecule has 2 aromatic rings. The van der Waals surface area contributed by atoms with Gasteiger partial charge in [0.2, 0.25) is 0 Å². The van der Waals surface area contributed by atoms with Gasteiger partial charge in [0.05, 0.1) is 0 Å². The van der Waals surface area contributed by atoms with Crippen molar-refractivity contribution in [1.29, 1.82) is 0 Å². The lowest BCUT2D eigenvalue weighted by Crippen LogP contribution is -2.26. The van der Waals surface area contributed by atoms with Crippen molar-refractivity contribution in [2.24, 2.45) is 11.5 Å². The van der Waals surface area contributed by atoms with Crippen molar-refractivity contribution < 1.29 is 10.2 Å². The van der Waals surface area contributed by atoms with Gasteiger partial charge in [-0.25, -0.2) is 0 Å². The molecule has 5 heteroatoms. The molecule has 0 aliphatic heterocycles. The van der Waals surface area contributed by atoms with Crippen LogP contribution in [0.15, 0.2) is 48.5 Å². The first-order chi connectivity index (χ1) is 8.58. The summed E-state index contributed by atoms with van der Waals surface area (Å²) in [6.07, 6.45) is 0. The predicted molar refractivity (Wildman–Crippen MR) is 80.4 cm³/mol. The molecule has 0 aromatic heterocycles. The summed E-state index contributed by atoms with van der Waals surface area (Å²) < 4.78 is 0. The van der Waals surface area contributed by atoms with Gasteiger partial charge in [0.25, 0.3) is 0 Å². The van der Waals surface area contributed by atoms with Gasteiger partial charge in [0, 0.05) is 12.1 Å². The minimum atomic E-state index is -0.366. The number of hydrogen-bond donors (Lipinski definition) is 4. The predicted octanol–water partition coefficient (Wildman–Crippen LogP) is 2.38. The maximum atomic E-state index is 9.22. The number of nitrogens with two attached hydrogens (primary N) is 2. The number of phenols is 2. The molecule has 0 spiro atoms. The van der Waals surface area contributed by atoms with E-state index in [0.717, 1.165) is 11.1 Å². The second-order valence-electron chi connectivity index (χ2n) is 4.23. The molecule has 0 saturated carbocycles. The van der Waals surface area contributed by atoms with Crippen LogP contribution in [0.5, 0.6) is 11.5 Å². The Morgan fingerprint density at radius 2 is 0.895 bits per heavy atom. The van der Waals surface area contributed by atoms with Crippen LogP contribution in [0.1, 0.15) is 23.2 Å². The summed E-state index contributed by atoms with van der Waals surface area (Å²) in [5.74, 6) is 0.397. The average molecular weight is 325 g/mol. The van der Waals surface area contributed by atoms with Crippen molar-refractivity contribution >= 4 is 17.0 Å². The van der Waals surface area contributed by atoms with E-state index in [9.17, 15) is 10.2 Å². The second-order valence-corrected chi connectivity index (χ2v) is 4.23. The van der Waals surface area contributed by atoms with Gasteiger partial charge >= 0.3 is 0 Å². The molecule has 102 valence electrons. The van der Waals surface area contributed by atoms with Gasteiger partial charge in [0.1, 0.15) is 11.5 Å². The summed E-state index contributed by atoms with van der Waals surface area (Å²) >= 11 is 0. The Bertz CT molecular complexity index is 464. The van der Waals surface area contributed by atoms with Crippen molar-refractivity contribution in [2.45, 2.75) is 12.1 Å². The van der Waals surface area contributed by atoms with Crippen LogP contribution >= 0.6 is 17.0 Å². The highest BCUT2D eigenvalue weighted by atomic mass is 79.9. The van der Waals surface area contributed by atoms with Crippen LogP contribution in [-0.4, -0.2) is 10.2 Å². The monoisotopic (exact) mass is 324 g/mol. The topological polar surface area (TPSA) is 92.5 Å². The lowest BCUT2D eigenvalue weighted by molar-refractivity contribution is 0.472. The Kier molecular flexibility index (Phi) is 5.35. The number of phenolic OH excluding ortho intramolecular Hbond substituents is 2. The van der Waals surface area contributed by atoms with Crippen LogP contribution in [0, 0.1) is 0 Å². The minimum absolute atomic E-state index is 0. The van der Waals surface area contributed by atoms with Gasteiger partial charge in [-0.1, -0.05) is 24.3 Å². The van der Waals surface area contributed by atoms with Crippen LogP contribution in [-0.2, 0) is 0 Å². The zero-order chi connectivity index (χ0) is 13.1. The van der Waals surface area contributed by atoms with E-state index in [4.69, 9.17) is 11.5 Å². The molecule has 0 unspecified atom stereocenters. The van der Waals surface area contributed by atoms with Crippen molar-refractivity contribution in [3.63, 3.8) is 0 Å². The van der Waals surface area contributed by atoms with Gasteiger partial charge in [0.15, 0.2) is 0 Å². The highest BCUT2D eigenvalue weighted by Gasteiger charge is 2.17. The van der Waals surface area contributed by atoms with Crippen molar-refractivity contribution in [3.05, 3.63) is 59.7 Å². The van der Waals surface area contributed by atoms with E-state index in [1.54, 1.807) is 48.5 Å². The summed E-state index contributed by atoms with van der Waals surface area (Å²) in [4.78, 5) is 0. The highest BCUT2D eigenvalue weighted by molar-refractivity contribution is 8.93. The fraction of sp³-hybridized carbons (Fsp3) is 0.143. The maximum absolute atomic E-state index is 9.22. The SMILES string of the molecule is Br.N[C@@H](c1ccc(O)cc1)[C@@H](N)c1ccc(O)cc1. The zero-order valence-corrected chi connectivity index (χ0v) is 11.9. The Balaban J connectivity index is 0.00000180. The van der Waals surface area contributed by atoms with Gasteiger partial charge < -0.3 is 21.7 Å². The molecule has 0 aliphatic carbocycles. The van der Waals surface area contributed by atoms with E-state index < -0.39 is 0 Å². The van der Waals surface area contributed by atoms with Crippen LogP contribution in [0.4, 0.5) is 0 Å². The molecule has 0 heterocycles. The molecule has 0 radical (unpaired) electrons. The molecule has 19 heavy (non-hydrogen) atoms. The third-order valence-electron chi connectivity index (χ3n) is 2.94. The molecule has 2 aromatic carbocycles. The van der Waals surface area contributed by atoms with E-state index in [2.05, 4.69) is 0 Å². The molecule has 0 fully saturated rings. The quantitative estimate of drug-likeness (QED) is 0.697. The van der Waals surface area contributed by atoms with Gasteiger partial charge in [-0.05, 0) is 35.4 Å². The number of halogens is 1. The first kappa shape index (κ1) is 15.5. The fourth-order valence-corrected chi connectivity index (χ4v) is 1.81. The van der Waals surface area contributed by atoms with Crippen molar-refractivity contribution in [2.75, 3.05) is 0 Å². The third kappa shape index (κ3) is 3.70. The van der Waals surface area contributed by atoms with Gasteiger partial charge in [-0.2, -0.15) is 0 Å². The fourth-order valence-electron chi connectivity index (χ4n) is 1.81. The Morgan fingerprint density at radius 3 is 1.16 bits per heavy atom. The molecule has 0 amide bonds. The van der Waals surface area contributed by atoms with Crippen molar-refractivity contribution in [1.82, 2.24) is 0 Å². The molecule has 4 nitrogen and oxygen atoms in total. The van der Waals surface area contributed by atoms with Gasteiger partial charge in [-0.15, -0.1) is 17.0 Å². The summed E-state index contributed by atoms with van der Waals surface area (Å²) in [5.41, 5.74) is 13.9. The highest BCUT2D eigenvalue weighted by Crippen LogP contribution is 2.26. The molecular weight excluding hydrogens is 308 g/mol. The van der Waals surface area contributed by atoms with E-state index in [-0.39, 0.29) is 40.6 Å². The minimum Gasteiger partial charge on any atom is -0.508 e. The summed E-state index contributed by atoms with van der Waals surface area (Å²) in [6, 6.07) is 12.6. The first-order valence-corrected chi connectivity index (χ1v) is 5.67. The molecule has 6 N–H and O–H groups in total. The van der Waals surface area contributed by atoms with Crippen molar-refractivity contribution in [3.8, 4) is 11.5 Å². The van der Waals surface area contributed by atoms with E-state index >= 15 is 0 Å². The first-order valence-electron chi connectivity index (χ1n) is 5.67. The lowest BCUT2D eigenvalue weighted by Gasteiger charge is -2.20. The summed E-state index contributed by atoms with van der Waals surface area (Å²) in [7, 11) is 0. The van der Waals surface area contributed by atoms with Crippen LogP contribution in [0.25, 0.3) is 0 Å². The van der Waals surface area contributed by atoms with E-state index in [1.165, 1.54) is 0 Å². The molecule has 2 rings (SSSR count). The standard InChI is InChI=1S/C14H16N2O2.BrH/c15-13(9-1-5-11(17)6-2-9)14(16)10-3-7-12(18)8-4-10;/h1-8,13-14,17-18H,15-16H2;1H/t13-,14-;/m0./s1. The summed E-state index contributed by atoms with van der Waals surface area (Å²) in [6.45, 7) is 0. The molecule has 2 atom stereocenters. The van der Waals surface area contributed by atoms with Crippen LogP contribution < -0.4 is 11.5 Å². The number of hydrogen-bond acceptors (Lipinski definition) is 4. The van der Waals surface area contributed by atoms with Crippen LogP contribution in [0.2, 0.25) is 0 Å². The zero-order valence-electron chi connectivity index (χ0n) is 10.2. The normalized spacial score (nSPS) is 13.4.